The minimum absolute atomic E-state index is 0.0350. The lowest BCUT2D eigenvalue weighted by Gasteiger charge is -2.27. The zero-order chi connectivity index (χ0) is 41.0. The third kappa shape index (κ3) is 8.62. The van der Waals surface area contributed by atoms with Crippen molar-refractivity contribution in [1.29, 1.82) is 0 Å². The molecule has 0 spiro atoms. The van der Waals surface area contributed by atoms with Crippen molar-refractivity contribution in [2.24, 2.45) is 0 Å². The summed E-state index contributed by atoms with van der Waals surface area (Å²) in [4.78, 5) is 68.8. The maximum Gasteiger partial charge on any atom is 0.262 e. The number of amides is 5. The topological polar surface area (TPSA) is 180 Å². The Hall–Kier alpha value is -6.31. The lowest BCUT2D eigenvalue weighted by Crippen LogP contribution is -2.54. The van der Waals surface area contributed by atoms with Gasteiger partial charge in [0.15, 0.2) is 0 Å². The molecule has 1 unspecified atom stereocenters. The van der Waals surface area contributed by atoms with Gasteiger partial charge in [0, 0.05) is 48.6 Å². The molecular weight excluding hydrogens is 749 g/mol. The molecule has 3 aliphatic rings. The SMILES string of the molecule is Cc1noc(C)c1-c1ccn2c(NC3CCCCC3)c(CCc3ccc(NC(=O)CCCCCNc4ccc5c(c4)C(=O)N(C4CCC(=O)NC4=O)C5=O)cc3)nc2c1. The van der Waals surface area contributed by atoms with Crippen LogP contribution in [0.25, 0.3) is 16.8 Å². The number of nitrogens with one attached hydrogen (secondary N) is 4. The highest BCUT2D eigenvalue weighted by Crippen LogP contribution is 2.32. The minimum atomic E-state index is -0.994. The standard InChI is InChI=1S/C45H50N8O6/c1-27-41(28(2)59-51-27)30-22-24-52-38(25-30)49-36(42(52)48-31-9-5-3-6-10-31)19-14-29-12-15-32(16-13-29)47-39(54)11-7-4-8-23-46-33-17-18-34-35(26-33)45(58)53(44(34)57)37-20-21-40(55)50-43(37)56/h12-13,15-18,22,24-26,31,37,46,48H,3-11,14,19-21,23H2,1-2H3,(H,47,54)(H,50,55,56). The second-order valence-electron chi connectivity index (χ2n) is 15.9. The largest absolute Gasteiger partial charge is 0.385 e. The van der Waals surface area contributed by atoms with Crippen molar-refractivity contribution in [2.75, 3.05) is 22.5 Å². The van der Waals surface area contributed by atoms with Crippen LogP contribution in [-0.2, 0) is 27.2 Å². The van der Waals surface area contributed by atoms with Gasteiger partial charge in [0.1, 0.15) is 23.3 Å². The maximum absolute atomic E-state index is 13.1. The molecule has 4 N–H and O–H groups in total. The predicted octanol–water partition coefficient (Wildman–Crippen LogP) is 7.15. The highest BCUT2D eigenvalue weighted by molar-refractivity contribution is 6.23. The number of imide groups is 2. The molecule has 2 fully saturated rings. The van der Waals surface area contributed by atoms with E-state index >= 15 is 0 Å². The van der Waals surface area contributed by atoms with Crippen molar-refractivity contribution in [3.05, 3.63) is 94.6 Å². The average molecular weight is 799 g/mol. The summed E-state index contributed by atoms with van der Waals surface area (Å²) in [6, 6.07) is 16.7. The quantitative estimate of drug-likeness (QED) is 0.0628. The van der Waals surface area contributed by atoms with E-state index in [2.05, 4.69) is 61.3 Å². The van der Waals surface area contributed by atoms with Gasteiger partial charge < -0.3 is 20.5 Å². The number of aromatic nitrogens is 3. The van der Waals surface area contributed by atoms with Crippen LogP contribution in [0, 0.1) is 13.8 Å². The molecule has 14 nitrogen and oxygen atoms in total. The van der Waals surface area contributed by atoms with Crippen LogP contribution >= 0.6 is 0 Å². The van der Waals surface area contributed by atoms with Crippen molar-refractivity contribution in [2.45, 2.75) is 109 Å². The van der Waals surface area contributed by atoms with Gasteiger partial charge >= 0.3 is 0 Å². The number of fused-ring (bicyclic) bond motifs is 2. The Morgan fingerprint density at radius 1 is 0.864 bits per heavy atom. The summed E-state index contributed by atoms with van der Waals surface area (Å²) < 4.78 is 7.61. The van der Waals surface area contributed by atoms with Crippen LogP contribution in [0.1, 0.15) is 114 Å². The third-order valence-corrected chi connectivity index (χ3v) is 11.7. The number of carbonyl (C=O) groups excluding carboxylic acids is 5. The van der Waals surface area contributed by atoms with Crippen LogP contribution in [0.15, 0.2) is 65.3 Å². The molecule has 2 aliphatic heterocycles. The number of benzene rings is 2. The van der Waals surface area contributed by atoms with Gasteiger partial charge in [-0.1, -0.05) is 43.0 Å². The molecule has 0 bridgehead atoms. The van der Waals surface area contributed by atoms with Crippen molar-refractivity contribution in [3.63, 3.8) is 0 Å². The van der Waals surface area contributed by atoms with Gasteiger partial charge in [-0.25, -0.2) is 4.98 Å². The average Bonchev–Trinajstić information content (AvgIpc) is 3.84. The first-order valence-corrected chi connectivity index (χ1v) is 20.8. The van der Waals surface area contributed by atoms with E-state index in [9.17, 15) is 24.0 Å². The summed E-state index contributed by atoms with van der Waals surface area (Å²) in [6.45, 7) is 4.52. The van der Waals surface area contributed by atoms with E-state index in [4.69, 9.17) is 9.51 Å². The van der Waals surface area contributed by atoms with Gasteiger partial charge in [-0.2, -0.15) is 0 Å². The number of aryl methyl sites for hydroxylation is 4. The molecule has 8 rings (SSSR count). The van der Waals surface area contributed by atoms with Crippen LogP contribution in [0.2, 0.25) is 0 Å². The number of rotatable bonds is 15. The predicted molar refractivity (Wildman–Crippen MR) is 223 cm³/mol. The van der Waals surface area contributed by atoms with Crippen LogP contribution in [-0.4, -0.2) is 67.6 Å². The summed E-state index contributed by atoms with van der Waals surface area (Å²) in [6.07, 6.45) is 12.7. The first-order valence-electron chi connectivity index (χ1n) is 20.8. The van der Waals surface area contributed by atoms with Crippen LogP contribution in [0.3, 0.4) is 0 Å². The Balaban J connectivity index is 0.795. The fourth-order valence-corrected chi connectivity index (χ4v) is 8.55. The molecule has 306 valence electrons. The van der Waals surface area contributed by atoms with Gasteiger partial charge in [0.05, 0.1) is 22.5 Å². The van der Waals surface area contributed by atoms with Crippen molar-refractivity contribution >= 4 is 52.4 Å². The van der Waals surface area contributed by atoms with Gasteiger partial charge in [0.2, 0.25) is 17.7 Å². The van der Waals surface area contributed by atoms with Gasteiger partial charge in [-0.3, -0.25) is 38.6 Å². The molecular formula is C45H50N8O6. The number of hydrogen-bond donors (Lipinski definition) is 4. The van der Waals surface area contributed by atoms with Gasteiger partial charge in [-0.15, -0.1) is 0 Å². The van der Waals surface area contributed by atoms with E-state index in [-0.39, 0.29) is 29.9 Å². The Morgan fingerprint density at radius 2 is 1.64 bits per heavy atom. The summed E-state index contributed by atoms with van der Waals surface area (Å²) in [5.74, 6) is -0.278. The number of carbonyl (C=O) groups is 5. The number of piperidine rings is 1. The molecule has 59 heavy (non-hydrogen) atoms. The van der Waals surface area contributed by atoms with Gasteiger partial charge in [0.25, 0.3) is 11.8 Å². The molecule has 5 amide bonds. The van der Waals surface area contributed by atoms with Crippen molar-refractivity contribution < 1.29 is 28.5 Å². The summed E-state index contributed by atoms with van der Waals surface area (Å²) >= 11 is 0. The molecule has 2 aromatic carbocycles. The Kier molecular flexibility index (Phi) is 11.6. The number of hydrogen-bond acceptors (Lipinski definition) is 10. The van der Waals surface area contributed by atoms with E-state index in [1.54, 1.807) is 18.2 Å². The van der Waals surface area contributed by atoms with Crippen molar-refractivity contribution in [3.8, 4) is 11.1 Å². The molecule has 5 aromatic rings. The number of nitrogens with zero attached hydrogens (tertiary/aromatic N) is 4. The monoisotopic (exact) mass is 798 g/mol. The molecule has 0 radical (unpaired) electrons. The fraction of sp³-hybridized carbons (Fsp3) is 0.400. The van der Waals surface area contributed by atoms with E-state index in [1.807, 2.05) is 26.0 Å². The molecule has 1 saturated carbocycles. The summed E-state index contributed by atoms with van der Waals surface area (Å²) in [5.41, 5.74) is 7.94. The highest BCUT2D eigenvalue weighted by atomic mass is 16.5. The van der Waals surface area contributed by atoms with Crippen molar-refractivity contribution in [1.82, 2.24) is 24.8 Å². The molecule has 5 heterocycles. The number of unbranched alkanes of at least 4 members (excludes halogenated alkanes) is 2. The summed E-state index contributed by atoms with van der Waals surface area (Å²) in [7, 11) is 0. The minimum Gasteiger partial charge on any atom is -0.385 e. The van der Waals surface area contributed by atoms with E-state index < -0.39 is 29.7 Å². The highest BCUT2D eigenvalue weighted by Gasteiger charge is 2.44. The third-order valence-electron chi connectivity index (χ3n) is 11.7. The number of imidazole rings is 1. The normalized spacial score (nSPS) is 17.1. The first kappa shape index (κ1) is 39.5. The molecule has 3 aromatic heterocycles. The maximum atomic E-state index is 13.1. The van der Waals surface area contributed by atoms with E-state index in [0.29, 0.717) is 24.7 Å². The molecule has 1 aliphatic carbocycles. The molecule has 1 saturated heterocycles. The fourth-order valence-electron chi connectivity index (χ4n) is 8.55. The second kappa shape index (κ2) is 17.3. The number of anilines is 3. The Bertz CT molecular complexity index is 2390. The molecule has 14 heteroatoms. The smallest absolute Gasteiger partial charge is 0.262 e. The number of pyridine rings is 1. The zero-order valence-electron chi connectivity index (χ0n) is 33.6. The second-order valence-corrected chi connectivity index (χ2v) is 15.9. The molecule has 1 atom stereocenters. The van der Waals surface area contributed by atoms with Crippen LogP contribution in [0.5, 0.6) is 0 Å². The summed E-state index contributed by atoms with van der Waals surface area (Å²) in [5, 5.41) is 16.5. The van der Waals surface area contributed by atoms with Crippen LogP contribution in [0.4, 0.5) is 17.2 Å². The van der Waals surface area contributed by atoms with E-state index in [1.165, 1.54) is 24.8 Å². The van der Waals surface area contributed by atoms with Crippen LogP contribution < -0.4 is 21.3 Å². The Labute approximate surface area is 342 Å². The zero-order valence-corrected chi connectivity index (χ0v) is 33.6. The lowest BCUT2D eigenvalue weighted by atomic mass is 9.95. The lowest BCUT2D eigenvalue weighted by molar-refractivity contribution is -0.136. The Morgan fingerprint density at radius 3 is 2.41 bits per heavy atom. The first-order chi connectivity index (χ1) is 28.6. The van der Waals surface area contributed by atoms with Gasteiger partial charge in [-0.05, 0) is 112 Å². The van der Waals surface area contributed by atoms with E-state index in [0.717, 1.165) is 95.3 Å².